The molecule has 8 heteroatoms. The van der Waals surface area contributed by atoms with E-state index in [1.165, 1.54) is 6.42 Å². The van der Waals surface area contributed by atoms with Crippen LogP contribution in [0.4, 0.5) is 0 Å². The monoisotopic (exact) mass is 429 g/mol. The van der Waals surface area contributed by atoms with E-state index in [-0.39, 0.29) is 30.9 Å². The van der Waals surface area contributed by atoms with E-state index in [0.717, 1.165) is 24.8 Å². The van der Waals surface area contributed by atoms with Gasteiger partial charge in [0.05, 0.1) is 6.54 Å². The summed E-state index contributed by atoms with van der Waals surface area (Å²) >= 11 is 5.52. The molecule has 2 atom stereocenters. The Kier molecular flexibility index (Phi) is 7.42. The molecular weight excluding hydrogens is 398 g/mol. The fourth-order valence-corrected chi connectivity index (χ4v) is 4.38. The summed E-state index contributed by atoms with van der Waals surface area (Å²) in [6.07, 6.45) is 4.57. The SMILES string of the molecule is CCn1c(CNC(=O)c2ccccc2C)nn(CC(=O)N[C@@H]2CCCC[C@@H]2C)c1=S. The molecule has 1 aromatic heterocycles. The summed E-state index contributed by atoms with van der Waals surface area (Å²) in [5.74, 6) is 0.917. The van der Waals surface area contributed by atoms with E-state index in [0.29, 0.717) is 28.6 Å². The van der Waals surface area contributed by atoms with Gasteiger partial charge in [-0.25, -0.2) is 4.68 Å². The van der Waals surface area contributed by atoms with Gasteiger partial charge in [-0.05, 0) is 56.5 Å². The van der Waals surface area contributed by atoms with Crippen LogP contribution in [0, 0.1) is 17.6 Å². The van der Waals surface area contributed by atoms with Gasteiger partial charge in [-0.2, -0.15) is 5.10 Å². The predicted molar refractivity (Wildman–Crippen MR) is 119 cm³/mol. The highest BCUT2D eigenvalue weighted by Crippen LogP contribution is 2.23. The van der Waals surface area contributed by atoms with Gasteiger partial charge >= 0.3 is 0 Å². The third-order valence-electron chi connectivity index (χ3n) is 5.86. The number of nitrogens with one attached hydrogen (secondary N) is 2. The first kappa shape index (κ1) is 22.2. The number of aromatic nitrogens is 3. The van der Waals surface area contributed by atoms with Crippen LogP contribution in [0.3, 0.4) is 0 Å². The van der Waals surface area contributed by atoms with Gasteiger partial charge in [0.15, 0.2) is 10.6 Å². The molecule has 3 rings (SSSR count). The zero-order valence-electron chi connectivity index (χ0n) is 18.0. The maximum atomic E-state index is 12.6. The van der Waals surface area contributed by atoms with Crippen molar-refractivity contribution in [1.82, 2.24) is 25.0 Å². The lowest BCUT2D eigenvalue weighted by Crippen LogP contribution is -2.42. The third-order valence-corrected chi connectivity index (χ3v) is 6.29. The molecule has 2 amide bonds. The Morgan fingerprint density at radius 2 is 1.97 bits per heavy atom. The largest absolute Gasteiger partial charge is 0.351 e. The van der Waals surface area contributed by atoms with E-state index in [1.54, 1.807) is 10.7 Å². The highest BCUT2D eigenvalue weighted by Gasteiger charge is 2.23. The van der Waals surface area contributed by atoms with E-state index in [9.17, 15) is 9.59 Å². The van der Waals surface area contributed by atoms with Crippen LogP contribution < -0.4 is 10.6 Å². The number of rotatable bonds is 7. The molecule has 0 aliphatic heterocycles. The summed E-state index contributed by atoms with van der Waals surface area (Å²) in [4.78, 5) is 25.1. The maximum Gasteiger partial charge on any atom is 0.251 e. The standard InChI is InChI=1S/C22H31N5O2S/c1-4-26-19(13-23-21(29)17-11-7-5-9-15(17)2)25-27(22(26)30)14-20(28)24-18-12-8-6-10-16(18)3/h5,7,9,11,16,18H,4,6,8,10,12-14H2,1-3H3,(H,23,29)(H,24,28)/t16-,18+/m0/s1. The number of carbonyl (C=O) groups is 2. The van der Waals surface area contributed by atoms with Crippen LogP contribution >= 0.6 is 12.2 Å². The van der Waals surface area contributed by atoms with Crippen molar-refractivity contribution in [2.75, 3.05) is 0 Å². The first-order chi connectivity index (χ1) is 14.4. The second-order valence-corrected chi connectivity index (χ2v) is 8.40. The van der Waals surface area contributed by atoms with E-state index in [1.807, 2.05) is 36.6 Å². The molecule has 162 valence electrons. The Labute approximate surface area is 182 Å². The van der Waals surface area contributed by atoms with E-state index in [4.69, 9.17) is 12.2 Å². The molecule has 1 aliphatic carbocycles. The maximum absolute atomic E-state index is 12.6. The molecule has 7 nitrogen and oxygen atoms in total. The predicted octanol–water partition coefficient (Wildman–Crippen LogP) is 3.37. The van der Waals surface area contributed by atoms with Crippen LogP contribution in [-0.4, -0.2) is 32.2 Å². The summed E-state index contributed by atoms with van der Waals surface area (Å²) < 4.78 is 3.89. The minimum Gasteiger partial charge on any atom is -0.351 e. The summed E-state index contributed by atoms with van der Waals surface area (Å²) in [5.41, 5.74) is 1.56. The first-order valence-electron chi connectivity index (χ1n) is 10.7. The second kappa shape index (κ2) is 10.0. The highest BCUT2D eigenvalue weighted by molar-refractivity contribution is 7.71. The van der Waals surface area contributed by atoms with Crippen molar-refractivity contribution in [2.24, 2.45) is 5.92 Å². The Balaban J connectivity index is 1.66. The quantitative estimate of drug-likeness (QED) is 0.662. The van der Waals surface area contributed by atoms with Crippen LogP contribution in [0.25, 0.3) is 0 Å². The Morgan fingerprint density at radius 3 is 2.67 bits per heavy atom. The van der Waals surface area contributed by atoms with Crippen molar-refractivity contribution < 1.29 is 9.59 Å². The van der Waals surface area contributed by atoms with Crippen molar-refractivity contribution in [3.63, 3.8) is 0 Å². The van der Waals surface area contributed by atoms with Crippen LogP contribution in [0.5, 0.6) is 0 Å². The number of nitrogens with zero attached hydrogens (tertiary/aromatic N) is 3. The molecule has 0 radical (unpaired) electrons. The number of aryl methyl sites for hydroxylation is 1. The molecule has 30 heavy (non-hydrogen) atoms. The first-order valence-corrected chi connectivity index (χ1v) is 11.1. The van der Waals surface area contributed by atoms with Crippen molar-refractivity contribution in [3.05, 3.63) is 46.0 Å². The lowest BCUT2D eigenvalue weighted by Gasteiger charge is -2.29. The van der Waals surface area contributed by atoms with Gasteiger partial charge in [0.25, 0.3) is 5.91 Å². The summed E-state index contributed by atoms with van der Waals surface area (Å²) in [5, 5.41) is 10.6. The van der Waals surface area contributed by atoms with Gasteiger partial charge in [0.2, 0.25) is 5.91 Å². The Morgan fingerprint density at radius 1 is 1.23 bits per heavy atom. The minimum absolute atomic E-state index is 0.0684. The number of amides is 2. The smallest absolute Gasteiger partial charge is 0.251 e. The van der Waals surface area contributed by atoms with Gasteiger partial charge < -0.3 is 15.2 Å². The molecule has 1 aliphatic rings. The van der Waals surface area contributed by atoms with Crippen molar-refractivity contribution >= 4 is 24.0 Å². The second-order valence-electron chi connectivity index (χ2n) is 8.03. The molecule has 2 aromatic rings. The summed E-state index contributed by atoms with van der Waals surface area (Å²) in [6, 6.07) is 7.67. The molecule has 1 aromatic carbocycles. The van der Waals surface area contributed by atoms with Gasteiger partial charge in [-0.3, -0.25) is 9.59 Å². The molecule has 1 heterocycles. The van der Waals surface area contributed by atoms with Crippen LogP contribution in [0.1, 0.15) is 61.3 Å². The van der Waals surface area contributed by atoms with E-state index < -0.39 is 0 Å². The normalized spacial score (nSPS) is 18.8. The Hall–Kier alpha value is -2.48. The minimum atomic E-state index is -0.153. The zero-order valence-corrected chi connectivity index (χ0v) is 18.8. The lowest BCUT2D eigenvalue weighted by atomic mass is 9.86. The molecule has 1 saturated carbocycles. The van der Waals surface area contributed by atoms with Gasteiger partial charge in [-0.15, -0.1) is 0 Å². The van der Waals surface area contributed by atoms with Crippen LogP contribution in [-0.2, 0) is 24.4 Å². The van der Waals surface area contributed by atoms with Crippen LogP contribution in [0.2, 0.25) is 0 Å². The Bertz CT molecular complexity index is 965. The average Bonchev–Trinajstić information content (AvgIpc) is 3.02. The van der Waals surface area contributed by atoms with E-state index >= 15 is 0 Å². The fourth-order valence-electron chi connectivity index (χ4n) is 4.04. The third kappa shape index (κ3) is 5.16. The topological polar surface area (TPSA) is 81.0 Å². The van der Waals surface area contributed by atoms with Crippen LogP contribution in [0.15, 0.2) is 24.3 Å². The molecule has 0 unspecified atom stereocenters. The van der Waals surface area contributed by atoms with Gasteiger partial charge in [-0.1, -0.05) is 38.0 Å². The van der Waals surface area contributed by atoms with Crippen molar-refractivity contribution in [3.8, 4) is 0 Å². The summed E-state index contributed by atoms with van der Waals surface area (Å²) in [6.45, 7) is 7.03. The van der Waals surface area contributed by atoms with Gasteiger partial charge in [0, 0.05) is 18.2 Å². The number of carbonyl (C=O) groups excluding carboxylic acids is 2. The molecule has 2 N–H and O–H groups in total. The van der Waals surface area contributed by atoms with Crippen molar-refractivity contribution in [1.29, 1.82) is 0 Å². The number of benzene rings is 1. The van der Waals surface area contributed by atoms with E-state index in [2.05, 4.69) is 22.7 Å². The number of hydrogen-bond donors (Lipinski definition) is 2. The highest BCUT2D eigenvalue weighted by atomic mass is 32.1. The lowest BCUT2D eigenvalue weighted by molar-refractivity contribution is -0.123. The molecule has 0 spiro atoms. The van der Waals surface area contributed by atoms with Crippen molar-refractivity contribution in [2.45, 2.75) is 72.1 Å². The summed E-state index contributed by atoms with van der Waals surface area (Å²) in [7, 11) is 0. The molecule has 1 fully saturated rings. The van der Waals surface area contributed by atoms with Gasteiger partial charge in [0.1, 0.15) is 6.54 Å². The molecular formula is C22H31N5O2S. The zero-order chi connectivity index (χ0) is 21.7. The fraction of sp³-hybridized carbons (Fsp3) is 0.545. The molecule has 0 saturated heterocycles. The number of hydrogen-bond acceptors (Lipinski definition) is 4. The average molecular weight is 430 g/mol. The molecule has 0 bridgehead atoms.